The van der Waals surface area contributed by atoms with Gasteiger partial charge in [-0.1, -0.05) is 55.5 Å². The minimum Gasteiger partial charge on any atom is -0.459 e. The first-order chi connectivity index (χ1) is 23.3. The highest BCUT2D eigenvalue weighted by Gasteiger charge is 2.49. The van der Waals surface area contributed by atoms with Gasteiger partial charge in [0.05, 0.1) is 55.3 Å². The molecule has 4 aliphatic rings. The first kappa shape index (κ1) is 38.8. The number of fused-ring (bicyclic) bond motifs is 3. The molecule has 2 bridgehead atoms. The van der Waals surface area contributed by atoms with Crippen molar-refractivity contribution in [1.82, 2.24) is 10.6 Å². The predicted molar refractivity (Wildman–Crippen MR) is 175 cm³/mol. The minimum atomic E-state index is -2.01. The lowest BCUT2D eigenvalue weighted by Gasteiger charge is -2.46. The van der Waals surface area contributed by atoms with E-state index in [2.05, 4.69) is 10.6 Å². The number of aliphatic hydroxyl groups is 5. The van der Waals surface area contributed by atoms with E-state index in [0.717, 1.165) is 0 Å². The average Bonchev–Trinajstić information content (AvgIpc) is 3.79. The fraction of sp³-hybridized carbons (Fsp3) is 0.647. The van der Waals surface area contributed by atoms with Crippen molar-refractivity contribution in [2.75, 3.05) is 13.7 Å². The number of carbonyl (C=O) groups excluding carboxylic acids is 2. The van der Waals surface area contributed by atoms with Gasteiger partial charge < -0.3 is 65.6 Å². The number of nitrogens with two attached hydrogens (primary N) is 1. The predicted octanol–water partition coefficient (Wildman–Crippen LogP) is -0.426. The summed E-state index contributed by atoms with van der Waals surface area (Å²) in [6, 6.07) is -2.63. The van der Waals surface area contributed by atoms with Crippen LogP contribution < -0.4 is 16.4 Å². The van der Waals surface area contributed by atoms with Crippen molar-refractivity contribution < 1.29 is 58.8 Å². The van der Waals surface area contributed by atoms with Crippen LogP contribution in [0.3, 0.4) is 0 Å². The molecule has 15 nitrogen and oxygen atoms in total. The van der Waals surface area contributed by atoms with Gasteiger partial charge in [-0.15, -0.1) is 0 Å². The van der Waals surface area contributed by atoms with Crippen molar-refractivity contribution in [3.05, 3.63) is 60.8 Å². The second-order valence-corrected chi connectivity index (χ2v) is 13.0. The lowest BCUT2D eigenvalue weighted by molar-refractivity contribution is -0.298. The Labute approximate surface area is 286 Å². The topological polar surface area (TPSA) is 235 Å². The van der Waals surface area contributed by atoms with Crippen molar-refractivity contribution in [2.45, 2.75) is 119 Å². The summed E-state index contributed by atoms with van der Waals surface area (Å²) in [5.74, 6) is -2.58. The Morgan fingerprint density at radius 3 is 2.37 bits per heavy atom. The Morgan fingerprint density at radius 1 is 0.959 bits per heavy atom. The molecule has 2 amide bonds. The normalized spacial score (nSPS) is 45.7. The summed E-state index contributed by atoms with van der Waals surface area (Å²) in [5, 5.41) is 59.4. The van der Waals surface area contributed by atoms with E-state index < -0.39 is 85.0 Å². The highest BCUT2D eigenvalue weighted by molar-refractivity contribution is 5.82. The number of hydrogen-bond acceptors (Lipinski definition) is 13. The van der Waals surface area contributed by atoms with E-state index in [-0.39, 0.29) is 44.3 Å². The van der Waals surface area contributed by atoms with Crippen LogP contribution in [0, 0.1) is 5.92 Å². The van der Waals surface area contributed by atoms with Crippen LogP contribution in [0.15, 0.2) is 60.8 Å². The summed E-state index contributed by atoms with van der Waals surface area (Å²) < 4.78 is 28.8. The highest BCUT2D eigenvalue weighted by atomic mass is 16.7. The fourth-order valence-electron chi connectivity index (χ4n) is 5.94. The number of ether oxygens (including phenoxy) is 5. The van der Waals surface area contributed by atoms with Crippen LogP contribution >= 0.6 is 0 Å². The average molecular weight is 694 g/mol. The summed E-state index contributed by atoms with van der Waals surface area (Å²) in [6.07, 6.45) is 7.23. The van der Waals surface area contributed by atoms with E-state index in [1.54, 1.807) is 43.4 Å². The zero-order chi connectivity index (χ0) is 35.7. The van der Waals surface area contributed by atoms with Crippen molar-refractivity contribution >= 4 is 12.0 Å². The van der Waals surface area contributed by atoms with Crippen LogP contribution in [-0.4, -0.2) is 130 Å². The van der Waals surface area contributed by atoms with Crippen LogP contribution in [-0.2, 0) is 28.5 Å². The van der Waals surface area contributed by atoms with Gasteiger partial charge in [0.15, 0.2) is 12.1 Å². The zero-order valence-corrected chi connectivity index (χ0v) is 28.0. The molecular formula is C34H51N3O12. The van der Waals surface area contributed by atoms with Crippen LogP contribution in [0.4, 0.5) is 4.79 Å². The molecule has 0 aromatic carbocycles. The largest absolute Gasteiger partial charge is 0.459 e. The molecule has 0 aromatic rings. The number of hydrogen-bond donors (Lipinski definition) is 8. The summed E-state index contributed by atoms with van der Waals surface area (Å²) in [4.78, 5) is 24.7. The molecule has 0 aromatic heterocycles. The van der Waals surface area contributed by atoms with Crippen molar-refractivity contribution in [3.63, 3.8) is 0 Å². The van der Waals surface area contributed by atoms with E-state index in [4.69, 9.17) is 29.4 Å². The van der Waals surface area contributed by atoms with Gasteiger partial charge in [0, 0.05) is 44.7 Å². The standard InChI is InChI=1S/C34H51N3O12/c1-19-10-8-6-4-5-7-9-11-22(47-32-31(42)29(35)24(40)18-45-32)15-27-30(37-33(43)36-3)23(39)17-34(44,49-27)16-21(38)14-26-25(48-26)12-13-28(41)46-20(19)2/h4-13,19-27,29-32,38-40,42,44H,14-18,35H2,1-3H3,(H2,36,37,43)/b6-4+,7-5+,10-8+,11-9+,13-12+/t19-,20+,21-,22-,23-,24+,25+,26+,27-,29-,30+,31-,32-,34+/m0/s1. The molecular weight excluding hydrogens is 642 g/mol. The number of rotatable bonds is 3. The molecule has 3 saturated heterocycles. The van der Waals surface area contributed by atoms with Gasteiger partial charge in [0.25, 0.3) is 0 Å². The number of allylic oxidation sites excluding steroid dienone is 6. The van der Waals surface area contributed by atoms with Gasteiger partial charge in [-0.25, -0.2) is 9.59 Å². The van der Waals surface area contributed by atoms with Crippen LogP contribution in [0.1, 0.15) is 39.5 Å². The second kappa shape index (κ2) is 17.8. The summed E-state index contributed by atoms with van der Waals surface area (Å²) in [5.41, 5.74) is 5.95. The third-order valence-corrected chi connectivity index (χ3v) is 9.00. The maximum absolute atomic E-state index is 12.4. The molecule has 9 N–H and O–H groups in total. The van der Waals surface area contributed by atoms with Gasteiger partial charge in [-0.2, -0.15) is 0 Å². The Balaban J connectivity index is 1.60. The summed E-state index contributed by atoms with van der Waals surface area (Å²) >= 11 is 0. The van der Waals surface area contributed by atoms with Gasteiger partial charge in [0.2, 0.25) is 0 Å². The lowest BCUT2D eigenvalue weighted by atomic mass is 9.87. The highest BCUT2D eigenvalue weighted by Crippen LogP contribution is 2.36. The minimum absolute atomic E-state index is 0.0534. The number of urea groups is 1. The monoisotopic (exact) mass is 693 g/mol. The van der Waals surface area contributed by atoms with E-state index in [1.807, 2.05) is 25.2 Å². The fourth-order valence-corrected chi connectivity index (χ4v) is 5.94. The van der Waals surface area contributed by atoms with Crippen molar-refractivity contribution in [1.29, 1.82) is 0 Å². The number of nitrogens with one attached hydrogen (secondary N) is 2. The quantitative estimate of drug-likeness (QED) is 0.139. The number of epoxide rings is 1. The number of amides is 2. The molecule has 274 valence electrons. The zero-order valence-electron chi connectivity index (χ0n) is 28.0. The SMILES string of the molecule is CNC(=O)N[C@H]1[C@@H]2C[C@@H](O[C@@H]3OC[C@@H](O)[C@H](N)[C@@H]3O)/C=C/C=C/C=C/C=C/[C@H](C)[C@@H](C)OC(=O)/C=C/[C@H]3O[C@@H]3C[C@H](O)C[C@](O)(C[C@@H]1O)O2. The molecule has 0 radical (unpaired) electrons. The molecule has 0 saturated carbocycles. The summed E-state index contributed by atoms with van der Waals surface area (Å²) in [6.45, 7) is 3.56. The van der Waals surface area contributed by atoms with Gasteiger partial charge in [0.1, 0.15) is 18.3 Å². The Morgan fingerprint density at radius 2 is 1.65 bits per heavy atom. The number of esters is 1. The first-order valence-electron chi connectivity index (χ1n) is 16.6. The van der Waals surface area contributed by atoms with Crippen LogP contribution in [0.25, 0.3) is 0 Å². The third kappa shape index (κ3) is 11.5. The molecule has 0 unspecified atom stereocenters. The van der Waals surface area contributed by atoms with E-state index in [0.29, 0.717) is 0 Å². The van der Waals surface area contributed by atoms with Crippen LogP contribution in [0.5, 0.6) is 0 Å². The Bertz CT molecular complexity index is 1260. The third-order valence-electron chi connectivity index (χ3n) is 9.00. The number of aliphatic hydroxyl groups excluding tert-OH is 4. The van der Waals surface area contributed by atoms with E-state index in [1.165, 1.54) is 13.1 Å². The first-order valence-corrected chi connectivity index (χ1v) is 16.6. The molecule has 14 atom stereocenters. The van der Waals surface area contributed by atoms with Gasteiger partial charge in [-0.05, 0) is 13.0 Å². The molecule has 49 heavy (non-hydrogen) atoms. The van der Waals surface area contributed by atoms with Crippen molar-refractivity contribution in [3.8, 4) is 0 Å². The van der Waals surface area contributed by atoms with Gasteiger partial charge >= 0.3 is 12.0 Å². The molecule has 0 aliphatic carbocycles. The Hall–Kier alpha value is -2.96. The smallest absolute Gasteiger partial charge is 0.330 e. The molecule has 4 rings (SSSR count). The van der Waals surface area contributed by atoms with Crippen molar-refractivity contribution in [2.24, 2.45) is 11.7 Å². The lowest BCUT2D eigenvalue weighted by Crippen LogP contribution is -2.63. The number of cyclic esters (lactones) is 1. The number of carbonyl (C=O) groups is 2. The maximum Gasteiger partial charge on any atom is 0.330 e. The second-order valence-electron chi connectivity index (χ2n) is 13.0. The van der Waals surface area contributed by atoms with Gasteiger partial charge in [-0.3, -0.25) is 0 Å². The maximum atomic E-state index is 12.4. The summed E-state index contributed by atoms with van der Waals surface area (Å²) in [7, 11) is 1.41. The Kier molecular flexibility index (Phi) is 14.1. The van der Waals surface area contributed by atoms with Crippen LogP contribution in [0.2, 0.25) is 0 Å². The molecule has 3 fully saturated rings. The molecule has 4 heterocycles. The molecule has 15 heteroatoms. The molecule has 4 aliphatic heterocycles. The molecule has 0 spiro atoms. The van der Waals surface area contributed by atoms with E-state index in [9.17, 15) is 35.1 Å². The van der Waals surface area contributed by atoms with E-state index >= 15 is 0 Å².